The monoisotopic (exact) mass is 338 g/mol. The van der Waals surface area contributed by atoms with E-state index in [0.29, 0.717) is 27.1 Å². The molecule has 1 amide bonds. The molecular weight excluding hydrogens is 320 g/mol. The summed E-state index contributed by atoms with van der Waals surface area (Å²) in [5.41, 5.74) is 0.453. The first-order chi connectivity index (χ1) is 10.4. The van der Waals surface area contributed by atoms with Crippen LogP contribution in [0.4, 0.5) is 0 Å². The van der Waals surface area contributed by atoms with E-state index in [9.17, 15) is 4.79 Å². The fourth-order valence-corrected chi connectivity index (χ4v) is 2.61. The number of rotatable bonds is 5. The lowest BCUT2D eigenvalue weighted by Gasteiger charge is -2.20. The first kappa shape index (κ1) is 16.7. The molecule has 0 radical (unpaired) electrons. The van der Waals surface area contributed by atoms with Crippen LogP contribution in [0.1, 0.15) is 42.5 Å². The number of hydrogen-bond donors (Lipinski definition) is 2. The lowest BCUT2D eigenvalue weighted by Crippen LogP contribution is -2.31. The Bertz CT molecular complexity index is 722. The number of carbonyl (C=O) groups excluding carboxylic acids is 1. The van der Waals surface area contributed by atoms with Gasteiger partial charge in [-0.1, -0.05) is 37.6 Å². The minimum absolute atomic E-state index is 0.217. The number of aromatic nitrogens is 3. The smallest absolute Gasteiger partial charge is 0.253 e. The Labute approximate surface area is 139 Å². The Hall–Kier alpha value is -1.66. The highest BCUT2D eigenvalue weighted by atomic mass is 35.5. The van der Waals surface area contributed by atoms with Crippen LogP contribution in [0.25, 0.3) is 0 Å². The number of hydrogen-bond acceptors (Lipinski definition) is 3. The fourth-order valence-electron chi connectivity index (χ4n) is 2.25. The third kappa shape index (κ3) is 3.75. The average molecular weight is 339 g/mol. The summed E-state index contributed by atoms with van der Waals surface area (Å²) in [4.78, 5) is 12.5. The Morgan fingerprint density at radius 1 is 1.45 bits per heavy atom. The Morgan fingerprint density at radius 2 is 2.14 bits per heavy atom. The first-order valence-electron chi connectivity index (χ1n) is 7.06. The van der Waals surface area contributed by atoms with Crippen molar-refractivity contribution in [1.82, 2.24) is 20.1 Å². The van der Waals surface area contributed by atoms with Crippen LogP contribution in [0.2, 0.25) is 5.02 Å². The van der Waals surface area contributed by atoms with E-state index < -0.39 is 0 Å². The van der Waals surface area contributed by atoms with Gasteiger partial charge in [-0.3, -0.25) is 9.89 Å². The molecular formula is C15H19ClN4OS. The fraction of sp³-hybridized carbons (Fsp3) is 0.400. The molecule has 0 aliphatic carbocycles. The maximum absolute atomic E-state index is 12.5. The van der Waals surface area contributed by atoms with Gasteiger partial charge in [0.15, 0.2) is 10.6 Å². The molecule has 118 valence electrons. The van der Waals surface area contributed by atoms with Crippen molar-refractivity contribution in [3.63, 3.8) is 0 Å². The van der Waals surface area contributed by atoms with E-state index in [-0.39, 0.29) is 11.9 Å². The zero-order valence-electron chi connectivity index (χ0n) is 12.8. The summed E-state index contributed by atoms with van der Waals surface area (Å²) in [6.45, 7) is 4.19. The molecule has 0 fully saturated rings. The van der Waals surface area contributed by atoms with Crippen molar-refractivity contribution >= 4 is 29.7 Å². The molecule has 5 nitrogen and oxygen atoms in total. The van der Waals surface area contributed by atoms with Crippen LogP contribution < -0.4 is 5.32 Å². The van der Waals surface area contributed by atoms with Crippen LogP contribution in [-0.4, -0.2) is 20.7 Å². The Morgan fingerprint density at radius 3 is 2.68 bits per heavy atom. The van der Waals surface area contributed by atoms with Crippen molar-refractivity contribution in [2.24, 2.45) is 13.0 Å². The highest BCUT2D eigenvalue weighted by molar-refractivity contribution is 7.71. The Kier molecular flexibility index (Phi) is 5.37. The molecule has 1 aromatic carbocycles. The van der Waals surface area contributed by atoms with Crippen molar-refractivity contribution in [3.8, 4) is 0 Å². The van der Waals surface area contributed by atoms with E-state index in [4.69, 9.17) is 23.8 Å². The molecule has 22 heavy (non-hydrogen) atoms. The highest BCUT2D eigenvalue weighted by Crippen LogP contribution is 2.21. The van der Waals surface area contributed by atoms with E-state index in [1.54, 1.807) is 28.8 Å². The van der Waals surface area contributed by atoms with Gasteiger partial charge in [-0.15, -0.1) is 0 Å². The van der Waals surface area contributed by atoms with Crippen molar-refractivity contribution in [2.45, 2.75) is 26.3 Å². The molecule has 0 aliphatic rings. The summed E-state index contributed by atoms with van der Waals surface area (Å²) in [6.07, 6.45) is 0.754. The molecule has 0 bridgehead atoms. The second-order valence-electron chi connectivity index (χ2n) is 5.58. The lowest BCUT2D eigenvalue weighted by atomic mass is 10.0. The molecule has 0 aliphatic heterocycles. The van der Waals surface area contributed by atoms with Gasteiger partial charge < -0.3 is 9.88 Å². The lowest BCUT2D eigenvalue weighted by molar-refractivity contribution is 0.0929. The van der Waals surface area contributed by atoms with Gasteiger partial charge in [0.1, 0.15) is 0 Å². The van der Waals surface area contributed by atoms with Gasteiger partial charge >= 0.3 is 0 Å². The predicted molar refractivity (Wildman–Crippen MR) is 89.5 cm³/mol. The zero-order valence-corrected chi connectivity index (χ0v) is 14.3. The highest BCUT2D eigenvalue weighted by Gasteiger charge is 2.22. The summed E-state index contributed by atoms with van der Waals surface area (Å²) < 4.78 is 2.30. The molecule has 1 heterocycles. The van der Waals surface area contributed by atoms with E-state index in [0.717, 1.165) is 6.42 Å². The second-order valence-corrected chi connectivity index (χ2v) is 6.38. The van der Waals surface area contributed by atoms with Crippen molar-refractivity contribution in [1.29, 1.82) is 0 Å². The van der Waals surface area contributed by atoms with E-state index in [2.05, 4.69) is 29.4 Å². The molecule has 1 atom stereocenters. The quantitative estimate of drug-likeness (QED) is 0.818. The predicted octanol–water partition coefficient (Wildman–Crippen LogP) is 3.65. The van der Waals surface area contributed by atoms with Gasteiger partial charge in [-0.05, 0) is 36.7 Å². The molecule has 0 saturated heterocycles. The first-order valence-corrected chi connectivity index (χ1v) is 7.85. The van der Waals surface area contributed by atoms with Gasteiger partial charge in [0.2, 0.25) is 0 Å². The van der Waals surface area contributed by atoms with E-state index in [1.165, 1.54) is 0 Å². The summed E-state index contributed by atoms with van der Waals surface area (Å²) in [6, 6.07) is 6.74. The number of nitrogens with zero attached hydrogens (tertiary/aromatic N) is 2. The largest absolute Gasteiger partial charge is 0.342 e. The zero-order chi connectivity index (χ0) is 16.3. The third-order valence-corrected chi connectivity index (χ3v) is 4.05. The van der Waals surface area contributed by atoms with Crippen molar-refractivity contribution in [2.75, 3.05) is 0 Å². The summed E-state index contributed by atoms with van der Waals surface area (Å²) >= 11 is 11.2. The minimum Gasteiger partial charge on any atom is -0.342 e. The molecule has 2 rings (SSSR count). The van der Waals surface area contributed by atoms with E-state index >= 15 is 0 Å². The van der Waals surface area contributed by atoms with Gasteiger partial charge in [0, 0.05) is 7.05 Å². The molecule has 2 N–H and O–H groups in total. The maximum Gasteiger partial charge on any atom is 0.253 e. The topological polar surface area (TPSA) is 62.7 Å². The van der Waals surface area contributed by atoms with Gasteiger partial charge in [-0.25, -0.2) is 0 Å². The maximum atomic E-state index is 12.5. The number of nitrogens with one attached hydrogen (secondary N) is 2. The van der Waals surface area contributed by atoms with Crippen molar-refractivity contribution < 1.29 is 4.79 Å². The second kappa shape index (κ2) is 7.07. The van der Waals surface area contributed by atoms with Crippen LogP contribution in [0.3, 0.4) is 0 Å². The van der Waals surface area contributed by atoms with E-state index in [1.807, 2.05) is 7.05 Å². The normalized spacial score (nSPS) is 12.4. The average Bonchev–Trinajstić information content (AvgIpc) is 2.78. The third-order valence-electron chi connectivity index (χ3n) is 3.36. The van der Waals surface area contributed by atoms with Crippen molar-refractivity contribution in [3.05, 3.63) is 45.4 Å². The molecule has 0 unspecified atom stereocenters. The van der Waals surface area contributed by atoms with Gasteiger partial charge in [0.25, 0.3) is 5.91 Å². The Balaban J connectivity index is 2.28. The minimum atomic E-state index is -0.235. The number of aromatic amines is 1. The summed E-state index contributed by atoms with van der Waals surface area (Å²) in [5.74, 6) is 0.881. The molecule has 2 aromatic rings. The summed E-state index contributed by atoms with van der Waals surface area (Å²) in [5, 5.41) is 10.4. The SMILES string of the molecule is CC(C)C[C@@H](NC(=O)c1ccccc1Cl)c1n[nH]c(=S)n1C. The molecule has 0 saturated carbocycles. The van der Waals surface area contributed by atoms with Crippen LogP contribution in [0.15, 0.2) is 24.3 Å². The van der Waals surface area contributed by atoms with Crippen LogP contribution in [0.5, 0.6) is 0 Å². The summed E-state index contributed by atoms with van der Waals surface area (Å²) in [7, 11) is 1.83. The number of H-pyrrole nitrogens is 1. The van der Waals surface area contributed by atoms with Crippen LogP contribution in [0, 0.1) is 10.7 Å². The van der Waals surface area contributed by atoms with Gasteiger partial charge in [-0.2, -0.15) is 5.10 Å². The molecule has 1 aromatic heterocycles. The van der Waals surface area contributed by atoms with Gasteiger partial charge in [0.05, 0.1) is 16.6 Å². The number of halogens is 1. The molecule has 7 heteroatoms. The number of benzene rings is 1. The number of carbonyl (C=O) groups is 1. The number of amides is 1. The molecule has 0 spiro atoms. The van der Waals surface area contributed by atoms with Crippen LogP contribution in [-0.2, 0) is 7.05 Å². The van der Waals surface area contributed by atoms with Crippen LogP contribution >= 0.6 is 23.8 Å². The standard InChI is InChI=1S/C15H19ClN4OS/c1-9(2)8-12(13-18-19-15(22)20(13)3)17-14(21)10-6-4-5-7-11(10)16/h4-7,9,12H,8H2,1-3H3,(H,17,21)(H,19,22)/t12-/m1/s1.